The zero-order chi connectivity index (χ0) is 18.5. The number of cyclic esters (lactones) is 1. The van der Waals surface area contributed by atoms with Gasteiger partial charge < -0.3 is 9.64 Å². The monoisotopic (exact) mass is 378 g/mol. The van der Waals surface area contributed by atoms with Gasteiger partial charge in [0.15, 0.2) is 9.84 Å². The van der Waals surface area contributed by atoms with Crippen LogP contribution in [0.4, 0.5) is 10.5 Å². The van der Waals surface area contributed by atoms with E-state index in [2.05, 4.69) is 0 Å². The van der Waals surface area contributed by atoms with Crippen molar-refractivity contribution >= 4 is 27.5 Å². The van der Waals surface area contributed by atoms with E-state index in [0.29, 0.717) is 31.8 Å². The zero-order valence-corrected chi connectivity index (χ0v) is 15.5. The maximum Gasteiger partial charge on any atom is 0.410 e. The van der Waals surface area contributed by atoms with Gasteiger partial charge in [0, 0.05) is 12.2 Å². The Morgan fingerprint density at radius 3 is 2.69 bits per heavy atom. The van der Waals surface area contributed by atoms with E-state index in [1.807, 2.05) is 6.92 Å². The van der Waals surface area contributed by atoms with E-state index in [1.54, 1.807) is 23.1 Å². The molecule has 4 rings (SSSR count). The Balaban J connectivity index is 1.55. The number of hydrogen-bond donors (Lipinski definition) is 0. The van der Waals surface area contributed by atoms with Crippen molar-refractivity contribution < 1.29 is 22.7 Å². The van der Waals surface area contributed by atoms with Gasteiger partial charge in [-0.05, 0) is 42.4 Å². The van der Waals surface area contributed by atoms with E-state index < -0.39 is 15.9 Å². The molecule has 1 aromatic rings. The van der Waals surface area contributed by atoms with Gasteiger partial charge in [-0.1, -0.05) is 13.0 Å². The summed E-state index contributed by atoms with van der Waals surface area (Å²) in [4.78, 5) is 27.4. The van der Waals surface area contributed by atoms with Gasteiger partial charge in [-0.15, -0.1) is 0 Å². The Morgan fingerprint density at radius 2 is 2.04 bits per heavy atom. The average Bonchev–Trinajstić information content (AvgIpc) is 2.97. The molecule has 2 heterocycles. The summed E-state index contributed by atoms with van der Waals surface area (Å²) in [5, 5.41) is 0. The highest BCUT2D eigenvalue weighted by Crippen LogP contribution is 2.47. The second-order valence-corrected chi connectivity index (χ2v) is 9.68. The van der Waals surface area contributed by atoms with Crippen LogP contribution in [0.15, 0.2) is 23.1 Å². The third-order valence-corrected chi connectivity index (χ3v) is 7.47. The predicted octanol–water partition coefficient (Wildman–Crippen LogP) is 1.60. The first-order valence-corrected chi connectivity index (χ1v) is 10.5. The maximum absolute atomic E-state index is 12.7. The molecule has 0 unspecified atom stereocenters. The molecular formula is C18H22N2O5S. The van der Waals surface area contributed by atoms with Crippen LogP contribution in [0.1, 0.15) is 25.3 Å². The topological polar surface area (TPSA) is 84.0 Å². The number of ether oxygens (including phenoxy) is 1. The Hall–Kier alpha value is -2.09. The largest absolute Gasteiger partial charge is 0.448 e. The molecule has 7 nitrogen and oxygen atoms in total. The Morgan fingerprint density at radius 1 is 1.27 bits per heavy atom. The van der Waals surface area contributed by atoms with Gasteiger partial charge in [0.05, 0.1) is 17.2 Å². The van der Waals surface area contributed by atoms with Crippen molar-refractivity contribution in [2.45, 2.75) is 31.1 Å². The lowest BCUT2D eigenvalue weighted by Gasteiger charge is -2.21. The van der Waals surface area contributed by atoms with Crippen LogP contribution in [0.25, 0.3) is 0 Å². The third kappa shape index (κ3) is 3.18. The number of amides is 2. The third-order valence-electron chi connectivity index (χ3n) is 5.43. The lowest BCUT2D eigenvalue weighted by atomic mass is 10.2. The minimum atomic E-state index is -3.38. The Kier molecular flexibility index (Phi) is 3.98. The number of fused-ring (bicyclic) bond motifs is 1. The number of anilines is 1. The summed E-state index contributed by atoms with van der Waals surface area (Å²) in [6.45, 7) is 3.14. The highest BCUT2D eigenvalue weighted by atomic mass is 32.2. The molecule has 1 aliphatic carbocycles. The summed E-state index contributed by atoms with van der Waals surface area (Å²) >= 11 is 0. The van der Waals surface area contributed by atoms with Crippen LogP contribution in [-0.4, -0.2) is 57.3 Å². The fourth-order valence-electron chi connectivity index (χ4n) is 3.53. The Bertz CT molecular complexity index is 876. The first-order chi connectivity index (χ1) is 12.3. The van der Waals surface area contributed by atoms with Gasteiger partial charge in [-0.25, -0.2) is 13.2 Å². The van der Waals surface area contributed by atoms with Crippen LogP contribution in [0.3, 0.4) is 0 Å². The van der Waals surface area contributed by atoms with Crippen molar-refractivity contribution in [2.75, 3.05) is 36.9 Å². The molecule has 0 radical (unpaired) electrons. The van der Waals surface area contributed by atoms with Crippen molar-refractivity contribution in [3.63, 3.8) is 0 Å². The lowest BCUT2D eigenvalue weighted by molar-refractivity contribution is -0.119. The molecule has 0 N–H and O–H groups in total. The molecule has 8 heteroatoms. The first-order valence-electron chi connectivity index (χ1n) is 8.85. The van der Waals surface area contributed by atoms with E-state index >= 15 is 0 Å². The van der Waals surface area contributed by atoms with Crippen LogP contribution < -0.4 is 4.90 Å². The molecule has 0 bridgehead atoms. The molecule has 1 saturated heterocycles. The van der Waals surface area contributed by atoms with E-state index in [-0.39, 0.29) is 28.5 Å². The van der Waals surface area contributed by atoms with Gasteiger partial charge in [0.25, 0.3) is 0 Å². The first kappa shape index (κ1) is 17.3. The number of nitrogens with zero attached hydrogens (tertiary/aromatic N) is 2. The molecule has 0 atom stereocenters. The van der Waals surface area contributed by atoms with Gasteiger partial charge >= 0.3 is 6.09 Å². The molecule has 0 spiro atoms. The fraction of sp³-hybridized carbons (Fsp3) is 0.556. The minimum absolute atomic E-state index is 0.0483. The van der Waals surface area contributed by atoms with Crippen molar-refractivity contribution in [1.29, 1.82) is 0 Å². The number of carbonyl (C=O) groups excluding carboxylic acids is 2. The van der Waals surface area contributed by atoms with Gasteiger partial charge in [0.2, 0.25) is 5.91 Å². The van der Waals surface area contributed by atoms with Gasteiger partial charge in [-0.2, -0.15) is 0 Å². The number of carbonyl (C=O) groups is 2. The van der Waals surface area contributed by atoms with Crippen LogP contribution in [0, 0.1) is 5.41 Å². The fourth-order valence-corrected chi connectivity index (χ4v) is 5.47. The summed E-state index contributed by atoms with van der Waals surface area (Å²) in [6, 6.07) is 5.06. The van der Waals surface area contributed by atoms with Crippen molar-refractivity contribution in [1.82, 2.24) is 4.90 Å². The quantitative estimate of drug-likeness (QED) is 0.777. The molecular weight excluding hydrogens is 356 g/mol. The summed E-state index contributed by atoms with van der Waals surface area (Å²) in [5.41, 5.74) is 1.49. The van der Waals surface area contributed by atoms with E-state index in [9.17, 15) is 18.0 Å². The lowest BCUT2D eigenvalue weighted by Crippen LogP contribution is -2.40. The van der Waals surface area contributed by atoms with Crippen molar-refractivity contribution in [3.05, 3.63) is 23.8 Å². The maximum atomic E-state index is 12.7. The summed E-state index contributed by atoms with van der Waals surface area (Å²) in [7, 11) is -3.38. The molecule has 140 valence electrons. The smallest absolute Gasteiger partial charge is 0.410 e. The molecule has 1 aromatic carbocycles. The molecule has 3 aliphatic rings. The van der Waals surface area contributed by atoms with Crippen LogP contribution in [0.2, 0.25) is 0 Å². The molecule has 2 aliphatic heterocycles. The molecule has 1 saturated carbocycles. The van der Waals surface area contributed by atoms with Crippen LogP contribution in [-0.2, 0) is 25.8 Å². The number of rotatable bonds is 5. The Labute approximate surface area is 152 Å². The van der Waals surface area contributed by atoms with Crippen LogP contribution >= 0.6 is 0 Å². The zero-order valence-electron chi connectivity index (χ0n) is 14.7. The molecule has 26 heavy (non-hydrogen) atoms. The summed E-state index contributed by atoms with van der Waals surface area (Å²) in [6.07, 6.45) is 2.08. The van der Waals surface area contributed by atoms with E-state index in [1.165, 1.54) is 4.90 Å². The van der Waals surface area contributed by atoms with Gasteiger partial charge in [-0.3, -0.25) is 9.69 Å². The highest BCUT2D eigenvalue weighted by Gasteiger charge is 2.42. The minimum Gasteiger partial charge on any atom is -0.448 e. The van der Waals surface area contributed by atoms with Gasteiger partial charge in [0.1, 0.15) is 13.2 Å². The van der Waals surface area contributed by atoms with E-state index in [4.69, 9.17) is 4.74 Å². The second-order valence-electron chi connectivity index (χ2n) is 7.69. The molecule has 2 amide bonds. The predicted molar refractivity (Wildman–Crippen MR) is 94.8 cm³/mol. The molecule has 2 fully saturated rings. The summed E-state index contributed by atoms with van der Waals surface area (Å²) in [5.74, 6) is -0.0712. The van der Waals surface area contributed by atoms with Crippen molar-refractivity contribution in [3.8, 4) is 0 Å². The normalized spacial score (nSPS) is 20.9. The van der Waals surface area contributed by atoms with Crippen LogP contribution in [0.5, 0.6) is 0 Å². The van der Waals surface area contributed by atoms with E-state index in [0.717, 1.165) is 18.4 Å². The summed E-state index contributed by atoms with van der Waals surface area (Å²) < 4.78 is 30.3. The second kappa shape index (κ2) is 5.97. The number of benzene rings is 1. The highest BCUT2D eigenvalue weighted by molar-refractivity contribution is 7.91. The standard InChI is InChI=1S/C18H22N2O5S/c1-18(5-6-18)12-26(23,24)14-3-2-13-4-7-20(15(13)10-14)16(21)11-19-8-9-25-17(19)22/h2-3,10H,4-9,11-12H2,1H3. The van der Waals surface area contributed by atoms with Crippen molar-refractivity contribution in [2.24, 2.45) is 5.41 Å². The molecule has 0 aromatic heterocycles. The number of hydrogen-bond acceptors (Lipinski definition) is 5. The SMILES string of the molecule is CC1(CS(=O)(=O)c2ccc3c(c2)N(C(=O)CN2CCOC2=O)CC3)CC1. The number of sulfone groups is 1. The average molecular weight is 378 g/mol.